The summed E-state index contributed by atoms with van der Waals surface area (Å²) < 4.78 is 7.12. The molecule has 1 aromatic carbocycles. The van der Waals surface area contributed by atoms with Gasteiger partial charge in [0.2, 0.25) is 5.88 Å². The molecule has 0 bridgehead atoms. The molecule has 6 heteroatoms. The summed E-state index contributed by atoms with van der Waals surface area (Å²) in [5, 5.41) is 11.6. The van der Waals surface area contributed by atoms with Crippen molar-refractivity contribution in [2.24, 2.45) is 0 Å². The zero-order valence-electron chi connectivity index (χ0n) is 13.2. The van der Waals surface area contributed by atoms with Crippen LogP contribution in [0.1, 0.15) is 36.5 Å². The van der Waals surface area contributed by atoms with E-state index >= 15 is 0 Å². The van der Waals surface area contributed by atoms with Crippen molar-refractivity contribution in [3.05, 3.63) is 35.3 Å². The smallest absolute Gasteiger partial charge is 0.353 e. The number of ether oxygens (including phenoxy) is 1. The van der Waals surface area contributed by atoms with Crippen LogP contribution in [0.3, 0.4) is 0 Å². The normalized spacial score (nSPS) is 11.3. The van der Waals surface area contributed by atoms with Gasteiger partial charge in [0.1, 0.15) is 5.01 Å². The first-order valence-corrected chi connectivity index (χ1v) is 8.30. The van der Waals surface area contributed by atoms with E-state index in [4.69, 9.17) is 4.74 Å². The molecule has 0 saturated carbocycles. The summed E-state index contributed by atoms with van der Waals surface area (Å²) in [5.41, 5.74) is 2.02. The molecule has 3 aromatic rings. The molecule has 0 atom stereocenters. The third-order valence-corrected chi connectivity index (χ3v) is 4.67. The number of thiazole rings is 1. The fraction of sp³-hybridized carbons (Fsp3) is 0.294. The Morgan fingerprint density at radius 2 is 2.17 bits per heavy atom. The molecule has 2 heterocycles. The minimum Gasteiger partial charge on any atom is -0.492 e. The van der Waals surface area contributed by atoms with Gasteiger partial charge in [-0.25, -0.2) is 9.78 Å². The average molecular weight is 330 g/mol. The molecule has 0 spiro atoms. The number of carbonyl (C=O) groups is 1. The van der Waals surface area contributed by atoms with E-state index in [9.17, 15) is 9.90 Å². The van der Waals surface area contributed by atoms with Crippen LogP contribution in [0.4, 0.5) is 0 Å². The third-order valence-electron chi connectivity index (χ3n) is 3.59. The van der Waals surface area contributed by atoms with Crippen molar-refractivity contribution in [2.75, 3.05) is 6.61 Å². The average Bonchev–Trinajstić information content (AvgIpc) is 3.10. The molecule has 0 aliphatic rings. The van der Waals surface area contributed by atoms with Gasteiger partial charge in [-0.15, -0.1) is 11.3 Å². The van der Waals surface area contributed by atoms with Crippen LogP contribution in [0.5, 0.6) is 5.88 Å². The summed E-state index contributed by atoms with van der Waals surface area (Å²) in [7, 11) is 0. The lowest BCUT2D eigenvalue weighted by molar-refractivity contribution is 0.0528. The van der Waals surface area contributed by atoms with E-state index in [1.165, 1.54) is 0 Å². The van der Waals surface area contributed by atoms with Crippen LogP contribution >= 0.6 is 11.3 Å². The quantitative estimate of drug-likeness (QED) is 0.727. The van der Waals surface area contributed by atoms with Gasteiger partial charge in [-0.3, -0.25) is 0 Å². The highest BCUT2D eigenvalue weighted by atomic mass is 32.1. The first-order valence-electron chi connectivity index (χ1n) is 7.49. The molecule has 0 amide bonds. The van der Waals surface area contributed by atoms with E-state index in [1.807, 2.05) is 18.2 Å². The highest BCUT2D eigenvalue weighted by molar-refractivity contribution is 7.17. The van der Waals surface area contributed by atoms with Crippen LogP contribution in [0.25, 0.3) is 21.5 Å². The second-order valence-electron chi connectivity index (χ2n) is 5.48. The number of hydrogen-bond donors (Lipinski definition) is 1. The zero-order valence-corrected chi connectivity index (χ0v) is 14.1. The standard InChI is InChI=1S/C17H18N2O3S/c1-4-22-17(21)14-15(20)18-16(23-14)12-5-6-13-11(9-12)7-8-19(13)10(2)3/h5-10,20H,4H2,1-3H3. The number of hydrogen-bond acceptors (Lipinski definition) is 5. The number of esters is 1. The topological polar surface area (TPSA) is 64.4 Å². The van der Waals surface area contributed by atoms with Crippen molar-refractivity contribution in [1.29, 1.82) is 0 Å². The lowest BCUT2D eigenvalue weighted by atomic mass is 10.1. The van der Waals surface area contributed by atoms with Crippen molar-refractivity contribution >= 4 is 28.2 Å². The summed E-state index contributed by atoms with van der Waals surface area (Å²) >= 11 is 1.14. The zero-order chi connectivity index (χ0) is 16.6. The monoisotopic (exact) mass is 330 g/mol. The van der Waals surface area contributed by atoms with Gasteiger partial charge in [-0.05, 0) is 45.0 Å². The molecule has 0 fully saturated rings. The fourth-order valence-corrected chi connectivity index (χ4v) is 3.36. The lowest BCUT2D eigenvalue weighted by Crippen LogP contribution is -2.02. The van der Waals surface area contributed by atoms with Crippen molar-refractivity contribution in [3.8, 4) is 16.5 Å². The number of benzene rings is 1. The van der Waals surface area contributed by atoms with Gasteiger partial charge >= 0.3 is 5.97 Å². The summed E-state index contributed by atoms with van der Waals surface area (Å²) in [6.45, 7) is 6.26. The maximum Gasteiger partial charge on any atom is 0.353 e. The first kappa shape index (κ1) is 15.6. The second-order valence-corrected chi connectivity index (χ2v) is 6.48. The van der Waals surface area contributed by atoms with E-state index in [-0.39, 0.29) is 17.4 Å². The highest BCUT2D eigenvalue weighted by Crippen LogP contribution is 2.34. The maximum atomic E-state index is 11.8. The summed E-state index contributed by atoms with van der Waals surface area (Å²) in [6.07, 6.45) is 2.06. The van der Waals surface area contributed by atoms with Gasteiger partial charge in [-0.2, -0.15) is 0 Å². The molecule has 120 valence electrons. The predicted octanol–water partition coefficient (Wildman–Crippen LogP) is 4.23. The highest BCUT2D eigenvalue weighted by Gasteiger charge is 2.20. The number of rotatable bonds is 4. The van der Waals surface area contributed by atoms with E-state index in [0.717, 1.165) is 27.8 Å². The van der Waals surface area contributed by atoms with Gasteiger partial charge < -0.3 is 14.4 Å². The maximum absolute atomic E-state index is 11.8. The van der Waals surface area contributed by atoms with Crippen LogP contribution < -0.4 is 0 Å². The van der Waals surface area contributed by atoms with Gasteiger partial charge in [0, 0.05) is 28.7 Å². The molecule has 0 radical (unpaired) electrons. The summed E-state index contributed by atoms with van der Waals surface area (Å²) in [6, 6.07) is 8.44. The van der Waals surface area contributed by atoms with Crippen LogP contribution in [0, 0.1) is 0 Å². The Hall–Kier alpha value is -2.34. The Labute approximate surface area is 138 Å². The third kappa shape index (κ3) is 2.82. The number of fused-ring (bicyclic) bond motifs is 1. The number of aromatic hydroxyl groups is 1. The first-order chi connectivity index (χ1) is 11.0. The number of nitrogens with zero attached hydrogens (tertiary/aromatic N) is 2. The van der Waals surface area contributed by atoms with Gasteiger partial charge in [-0.1, -0.05) is 0 Å². The molecule has 2 aromatic heterocycles. The largest absolute Gasteiger partial charge is 0.492 e. The Bertz CT molecular complexity index is 864. The van der Waals surface area contributed by atoms with Gasteiger partial charge in [0.05, 0.1) is 6.61 Å². The van der Waals surface area contributed by atoms with Crippen molar-refractivity contribution < 1.29 is 14.6 Å². The lowest BCUT2D eigenvalue weighted by Gasteiger charge is -2.09. The van der Waals surface area contributed by atoms with Crippen molar-refractivity contribution in [3.63, 3.8) is 0 Å². The number of carbonyl (C=O) groups excluding carboxylic acids is 1. The Balaban J connectivity index is 2.00. The Kier molecular flexibility index (Phi) is 4.09. The molecule has 5 nitrogen and oxygen atoms in total. The predicted molar refractivity (Wildman–Crippen MR) is 91.1 cm³/mol. The summed E-state index contributed by atoms with van der Waals surface area (Å²) in [5.74, 6) is -0.816. The molecular weight excluding hydrogens is 312 g/mol. The van der Waals surface area contributed by atoms with E-state index in [2.05, 4.69) is 35.7 Å². The van der Waals surface area contributed by atoms with E-state index in [1.54, 1.807) is 6.92 Å². The van der Waals surface area contributed by atoms with Crippen LogP contribution in [0.15, 0.2) is 30.5 Å². The van der Waals surface area contributed by atoms with E-state index in [0.29, 0.717) is 11.0 Å². The molecule has 0 saturated heterocycles. The molecular formula is C17H18N2O3S. The molecule has 3 rings (SSSR count). The SMILES string of the molecule is CCOC(=O)c1sc(-c2ccc3c(ccn3C(C)C)c2)nc1O. The Morgan fingerprint density at radius 1 is 1.39 bits per heavy atom. The second kappa shape index (κ2) is 6.04. The summed E-state index contributed by atoms with van der Waals surface area (Å²) in [4.78, 5) is 16.0. The molecule has 1 N–H and O–H groups in total. The number of aromatic nitrogens is 2. The molecule has 0 aliphatic heterocycles. The van der Waals surface area contributed by atoms with Gasteiger partial charge in [0.25, 0.3) is 0 Å². The molecule has 0 unspecified atom stereocenters. The molecule has 0 aliphatic carbocycles. The Morgan fingerprint density at radius 3 is 2.87 bits per heavy atom. The minimum atomic E-state index is -0.541. The van der Waals surface area contributed by atoms with Crippen molar-refractivity contribution in [2.45, 2.75) is 26.8 Å². The minimum absolute atomic E-state index is 0.140. The van der Waals surface area contributed by atoms with Crippen LogP contribution in [-0.2, 0) is 4.74 Å². The fourth-order valence-electron chi connectivity index (χ4n) is 2.51. The van der Waals surface area contributed by atoms with Gasteiger partial charge in [0.15, 0.2) is 4.88 Å². The molecule has 23 heavy (non-hydrogen) atoms. The van der Waals surface area contributed by atoms with Crippen LogP contribution in [0.2, 0.25) is 0 Å². The van der Waals surface area contributed by atoms with E-state index < -0.39 is 5.97 Å². The van der Waals surface area contributed by atoms with Crippen molar-refractivity contribution in [1.82, 2.24) is 9.55 Å². The van der Waals surface area contributed by atoms with Crippen LogP contribution in [-0.4, -0.2) is 27.2 Å².